The van der Waals surface area contributed by atoms with Crippen LogP contribution in [0.3, 0.4) is 0 Å². The van der Waals surface area contributed by atoms with Crippen LogP contribution in [0.15, 0.2) is 78.1 Å². The zero-order chi connectivity index (χ0) is 20.5. The molecule has 0 radical (unpaired) electrons. The molecule has 0 aliphatic carbocycles. The zero-order valence-corrected chi connectivity index (χ0v) is 17.9. The van der Waals surface area contributed by atoms with E-state index in [1.54, 1.807) is 0 Å². The van der Waals surface area contributed by atoms with Crippen molar-refractivity contribution in [2.45, 2.75) is 47.5 Å². The molecule has 0 atom stereocenters. The van der Waals surface area contributed by atoms with Gasteiger partial charge in [0.25, 0.3) is 0 Å². The smallest absolute Gasteiger partial charge is 0.130 e. The third kappa shape index (κ3) is 5.85. The van der Waals surface area contributed by atoms with Gasteiger partial charge in [-0.1, -0.05) is 66.8 Å². The molecule has 0 N–H and O–H groups in total. The summed E-state index contributed by atoms with van der Waals surface area (Å²) in [6.07, 6.45) is 10.4. The summed E-state index contributed by atoms with van der Waals surface area (Å²) in [5.41, 5.74) is 4.65. The molecule has 2 aromatic rings. The SMILES string of the molecule is C=C(CCC(=C/C)/C=c1/cccc/c1=C/C)/C(=C/C)Oc1cc(C)ccc1C. The molecule has 0 saturated heterocycles. The maximum atomic E-state index is 6.18. The standard InChI is InChI=1S/C27H32O/c1-7-23(19-25-13-11-10-12-24(25)8-2)17-16-21(5)26(9-3)28-27-18-20(4)14-15-22(27)6/h7-15,18-19H,5,16-17H2,1-4,6H3/b23-7-,24-8-,25-19-,26-9-. The average Bonchev–Trinajstić information content (AvgIpc) is 2.71. The van der Waals surface area contributed by atoms with E-state index in [0.29, 0.717) is 0 Å². The molecule has 0 aromatic heterocycles. The minimum atomic E-state index is 0.853. The lowest BCUT2D eigenvalue weighted by atomic mass is 10.0. The summed E-state index contributed by atoms with van der Waals surface area (Å²) < 4.78 is 6.18. The van der Waals surface area contributed by atoms with E-state index in [1.165, 1.54) is 21.6 Å². The molecule has 146 valence electrons. The van der Waals surface area contributed by atoms with Gasteiger partial charge >= 0.3 is 0 Å². The highest BCUT2D eigenvalue weighted by Crippen LogP contribution is 2.26. The number of hydrogen-bond acceptors (Lipinski definition) is 1. The van der Waals surface area contributed by atoms with Crippen LogP contribution >= 0.6 is 0 Å². The van der Waals surface area contributed by atoms with Crippen molar-refractivity contribution in [3.8, 4) is 5.75 Å². The maximum absolute atomic E-state index is 6.18. The van der Waals surface area contributed by atoms with Gasteiger partial charge in [-0.2, -0.15) is 0 Å². The molecule has 0 heterocycles. The lowest BCUT2D eigenvalue weighted by molar-refractivity contribution is 0.428. The van der Waals surface area contributed by atoms with E-state index < -0.39 is 0 Å². The fraction of sp³-hybridized carbons (Fsp3) is 0.259. The molecule has 28 heavy (non-hydrogen) atoms. The highest BCUT2D eigenvalue weighted by molar-refractivity contribution is 5.48. The molecular formula is C27H32O. The van der Waals surface area contributed by atoms with Crippen molar-refractivity contribution in [3.63, 3.8) is 0 Å². The molecule has 2 aromatic carbocycles. The number of hydrogen-bond donors (Lipinski definition) is 0. The average molecular weight is 373 g/mol. The summed E-state index contributed by atoms with van der Waals surface area (Å²) in [6, 6.07) is 14.7. The van der Waals surface area contributed by atoms with Crippen molar-refractivity contribution >= 4 is 12.2 Å². The zero-order valence-electron chi connectivity index (χ0n) is 17.9. The first-order chi connectivity index (χ1) is 13.5. The number of allylic oxidation sites excluding steroid dienone is 4. The van der Waals surface area contributed by atoms with Crippen LogP contribution in [0.1, 0.15) is 44.7 Å². The fourth-order valence-corrected chi connectivity index (χ4v) is 3.09. The van der Waals surface area contributed by atoms with Gasteiger partial charge in [0, 0.05) is 0 Å². The third-order valence-corrected chi connectivity index (χ3v) is 4.91. The Labute approximate surface area is 170 Å². The van der Waals surface area contributed by atoms with Crippen LogP contribution in [0.2, 0.25) is 0 Å². The molecule has 0 bridgehead atoms. The molecule has 0 unspecified atom stereocenters. The van der Waals surface area contributed by atoms with Gasteiger partial charge in [-0.25, -0.2) is 0 Å². The van der Waals surface area contributed by atoms with Crippen LogP contribution in [-0.4, -0.2) is 0 Å². The Hall–Kier alpha value is -2.80. The first-order valence-electron chi connectivity index (χ1n) is 9.96. The number of rotatable bonds is 7. The van der Waals surface area contributed by atoms with Crippen LogP contribution < -0.4 is 15.2 Å². The summed E-state index contributed by atoms with van der Waals surface area (Å²) in [7, 11) is 0. The van der Waals surface area contributed by atoms with Crippen molar-refractivity contribution in [1.82, 2.24) is 0 Å². The summed E-state index contributed by atoms with van der Waals surface area (Å²) in [5.74, 6) is 1.76. The van der Waals surface area contributed by atoms with Crippen LogP contribution in [0.25, 0.3) is 12.2 Å². The summed E-state index contributed by atoms with van der Waals surface area (Å²) in [4.78, 5) is 0. The molecule has 0 saturated carbocycles. The van der Waals surface area contributed by atoms with Gasteiger partial charge in [0.05, 0.1) is 0 Å². The van der Waals surface area contributed by atoms with E-state index >= 15 is 0 Å². The molecule has 2 rings (SSSR count). The molecular weight excluding hydrogens is 340 g/mol. The number of benzene rings is 2. The van der Waals surface area contributed by atoms with Crippen LogP contribution in [0.4, 0.5) is 0 Å². The van der Waals surface area contributed by atoms with E-state index in [4.69, 9.17) is 4.74 Å². The van der Waals surface area contributed by atoms with Crippen molar-refractivity contribution in [2.24, 2.45) is 0 Å². The molecule has 1 nitrogen and oxygen atoms in total. The first kappa shape index (κ1) is 21.5. The monoisotopic (exact) mass is 372 g/mol. The van der Waals surface area contributed by atoms with Gasteiger partial charge in [-0.3, -0.25) is 0 Å². The molecule has 0 aliphatic rings. The van der Waals surface area contributed by atoms with Crippen molar-refractivity contribution in [3.05, 3.63) is 99.7 Å². The second-order valence-electron chi connectivity index (χ2n) is 7.05. The first-order valence-corrected chi connectivity index (χ1v) is 9.96. The van der Waals surface area contributed by atoms with Gasteiger partial charge < -0.3 is 4.74 Å². The maximum Gasteiger partial charge on any atom is 0.130 e. The summed E-state index contributed by atoms with van der Waals surface area (Å²) in [6.45, 7) is 14.6. The van der Waals surface area contributed by atoms with Crippen molar-refractivity contribution in [1.29, 1.82) is 0 Å². The predicted octanol–water partition coefficient (Wildman–Crippen LogP) is 6.15. The molecule has 0 fully saturated rings. The van der Waals surface area contributed by atoms with E-state index in [1.807, 2.05) is 13.0 Å². The second kappa shape index (κ2) is 10.5. The van der Waals surface area contributed by atoms with Gasteiger partial charge in [0.1, 0.15) is 11.5 Å². The predicted molar refractivity (Wildman–Crippen MR) is 123 cm³/mol. The Kier molecular flexibility index (Phi) is 8.07. The Bertz CT molecular complexity index is 1000. The Morgan fingerprint density at radius 1 is 0.929 bits per heavy atom. The third-order valence-electron chi connectivity index (χ3n) is 4.91. The largest absolute Gasteiger partial charge is 0.457 e. The van der Waals surface area contributed by atoms with Crippen molar-refractivity contribution < 1.29 is 4.74 Å². The number of aryl methyl sites for hydroxylation is 2. The van der Waals surface area contributed by atoms with Crippen LogP contribution in [0.5, 0.6) is 5.75 Å². The van der Waals surface area contributed by atoms with Crippen LogP contribution in [-0.2, 0) is 0 Å². The van der Waals surface area contributed by atoms with E-state index in [9.17, 15) is 0 Å². The quantitative estimate of drug-likeness (QED) is 0.418. The van der Waals surface area contributed by atoms with E-state index in [0.717, 1.165) is 35.5 Å². The molecule has 1 heteroatoms. The fourth-order valence-electron chi connectivity index (χ4n) is 3.09. The normalized spacial score (nSPS) is 13.8. The van der Waals surface area contributed by atoms with Crippen molar-refractivity contribution in [2.75, 3.05) is 0 Å². The Morgan fingerprint density at radius 2 is 1.64 bits per heavy atom. The highest BCUT2D eigenvalue weighted by Gasteiger charge is 2.08. The number of ether oxygens (including phenoxy) is 1. The molecule has 0 amide bonds. The van der Waals surface area contributed by atoms with E-state index in [2.05, 4.69) is 95.0 Å². The topological polar surface area (TPSA) is 9.23 Å². The highest BCUT2D eigenvalue weighted by atomic mass is 16.5. The minimum Gasteiger partial charge on any atom is -0.457 e. The lowest BCUT2D eigenvalue weighted by Crippen LogP contribution is -2.23. The molecule has 0 aliphatic heterocycles. The molecule has 0 spiro atoms. The van der Waals surface area contributed by atoms with Gasteiger partial charge in [0.2, 0.25) is 0 Å². The second-order valence-corrected chi connectivity index (χ2v) is 7.05. The summed E-state index contributed by atoms with van der Waals surface area (Å²) >= 11 is 0. The summed E-state index contributed by atoms with van der Waals surface area (Å²) in [5, 5.41) is 2.51. The van der Waals surface area contributed by atoms with E-state index in [-0.39, 0.29) is 0 Å². The van der Waals surface area contributed by atoms with Crippen LogP contribution in [0, 0.1) is 13.8 Å². The van der Waals surface area contributed by atoms with Gasteiger partial charge in [-0.15, -0.1) is 0 Å². The lowest BCUT2D eigenvalue weighted by Gasteiger charge is -2.15. The Morgan fingerprint density at radius 3 is 2.29 bits per heavy atom. The van der Waals surface area contributed by atoms with Gasteiger partial charge in [-0.05, 0) is 86.7 Å². The minimum absolute atomic E-state index is 0.853. The Balaban J connectivity index is 2.11. The van der Waals surface area contributed by atoms with Gasteiger partial charge in [0.15, 0.2) is 0 Å².